The smallest absolute Gasteiger partial charge is 0.341 e. The molecular formula is C11H14N2O8. The standard InChI is InChI=1S/C11H14N2O8/c14-3-7-5(15)1-8(21-7)13-2-6(20-4-9(16)17)10(18)12-11(13)19/h2,5,7-8,14-15H,1,3-4H2,(H,16,17)(H,12,18,19)/t5-,7+,8+/m0/s1. The number of carboxylic acids is 1. The van der Waals surface area contributed by atoms with Gasteiger partial charge in [-0.05, 0) is 0 Å². The summed E-state index contributed by atoms with van der Waals surface area (Å²) in [4.78, 5) is 35.6. The SMILES string of the molecule is O=C(O)COc1cn([C@H]2C[C@H](O)[C@@H](CO)O2)c(=O)[nH]c1=O. The van der Waals surface area contributed by atoms with Crippen molar-refractivity contribution in [3.63, 3.8) is 0 Å². The van der Waals surface area contributed by atoms with E-state index in [-0.39, 0.29) is 12.2 Å². The fraction of sp³-hybridized carbons (Fsp3) is 0.545. The Morgan fingerprint density at radius 1 is 1.52 bits per heavy atom. The summed E-state index contributed by atoms with van der Waals surface area (Å²) in [5, 5.41) is 27.1. The molecule has 0 saturated carbocycles. The molecule has 10 heteroatoms. The van der Waals surface area contributed by atoms with E-state index < -0.39 is 48.9 Å². The first kappa shape index (κ1) is 15.2. The molecule has 21 heavy (non-hydrogen) atoms. The summed E-state index contributed by atoms with van der Waals surface area (Å²) in [6.07, 6.45) is -1.63. The normalized spacial score (nSPS) is 25.0. The van der Waals surface area contributed by atoms with Crippen molar-refractivity contribution in [2.24, 2.45) is 0 Å². The third-order valence-corrected chi connectivity index (χ3v) is 2.98. The molecule has 3 atom stereocenters. The van der Waals surface area contributed by atoms with Crippen LogP contribution in [0.3, 0.4) is 0 Å². The minimum absolute atomic E-state index is 0.0372. The van der Waals surface area contributed by atoms with E-state index in [1.54, 1.807) is 0 Å². The molecule has 0 spiro atoms. The van der Waals surface area contributed by atoms with Gasteiger partial charge in [-0.3, -0.25) is 14.3 Å². The number of aliphatic carboxylic acids is 1. The van der Waals surface area contributed by atoms with Crippen LogP contribution in [0.2, 0.25) is 0 Å². The van der Waals surface area contributed by atoms with Gasteiger partial charge in [0.05, 0.1) is 18.9 Å². The van der Waals surface area contributed by atoms with Crippen molar-refractivity contribution in [3.05, 3.63) is 27.0 Å². The zero-order chi connectivity index (χ0) is 15.6. The molecule has 10 nitrogen and oxygen atoms in total. The topological polar surface area (TPSA) is 151 Å². The quantitative estimate of drug-likeness (QED) is 0.471. The van der Waals surface area contributed by atoms with Gasteiger partial charge in [-0.25, -0.2) is 9.59 Å². The molecular weight excluding hydrogens is 288 g/mol. The number of nitrogens with one attached hydrogen (secondary N) is 1. The summed E-state index contributed by atoms with van der Waals surface area (Å²) in [7, 11) is 0. The van der Waals surface area contributed by atoms with Crippen molar-refractivity contribution in [2.45, 2.75) is 24.9 Å². The third kappa shape index (κ3) is 3.29. The first-order chi connectivity index (χ1) is 9.92. The van der Waals surface area contributed by atoms with Crippen LogP contribution in [0.25, 0.3) is 0 Å². The molecule has 0 aliphatic carbocycles. The van der Waals surface area contributed by atoms with Crippen LogP contribution in [-0.4, -0.2) is 56.3 Å². The van der Waals surface area contributed by atoms with Gasteiger partial charge in [0.15, 0.2) is 6.61 Å². The molecule has 1 aliphatic heterocycles. The maximum atomic E-state index is 11.7. The monoisotopic (exact) mass is 302 g/mol. The number of H-pyrrole nitrogens is 1. The number of rotatable bonds is 5. The number of aliphatic hydroxyl groups excluding tert-OH is 2. The Bertz CT molecular complexity index is 636. The predicted molar refractivity (Wildman–Crippen MR) is 66.1 cm³/mol. The van der Waals surface area contributed by atoms with Crippen molar-refractivity contribution >= 4 is 5.97 Å². The highest BCUT2D eigenvalue weighted by atomic mass is 16.5. The summed E-state index contributed by atoms with van der Waals surface area (Å²) in [6, 6.07) is 0. The average Bonchev–Trinajstić information content (AvgIpc) is 2.78. The maximum absolute atomic E-state index is 11.7. The molecule has 1 aromatic rings. The van der Waals surface area contributed by atoms with Crippen LogP contribution < -0.4 is 16.0 Å². The van der Waals surface area contributed by atoms with Gasteiger partial charge >= 0.3 is 11.7 Å². The van der Waals surface area contributed by atoms with Crippen molar-refractivity contribution in [1.29, 1.82) is 0 Å². The summed E-state index contributed by atoms with van der Waals surface area (Å²) in [5.74, 6) is -1.64. The number of carbonyl (C=O) groups is 1. The second-order valence-electron chi connectivity index (χ2n) is 4.46. The number of nitrogens with zero attached hydrogens (tertiary/aromatic N) is 1. The molecule has 0 bridgehead atoms. The molecule has 1 aliphatic rings. The molecule has 0 aromatic carbocycles. The Morgan fingerprint density at radius 2 is 2.24 bits per heavy atom. The summed E-state index contributed by atoms with van der Waals surface area (Å²) >= 11 is 0. The zero-order valence-electron chi connectivity index (χ0n) is 10.8. The lowest BCUT2D eigenvalue weighted by molar-refractivity contribution is -0.139. The van der Waals surface area contributed by atoms with Gasteiger partial charge in [0.25, 0.3) is 5.56 Å². The molecule has 0 amide bonds. The van der Waals surface area contributed by atoms with Gasteiger partial charge in [-0.2, -0.15) is 0 Å². The van der Waals surface area contributed by atoms with Crippen LogP contribution in [0, 0.1) is 0 Å². The summed E-state index contributed by atoms with van der Waals surface area (Å²) in [6.45, 7) is -1.16. The van der Waals surface area contributed by atoms with E-state index in [1.165, 1.54) is 0 Å². The van der Waals surface area contributed by atoms with E-state index in [2.05, 4.69) is 0 Å². The van der Waals surface area contributed by atoms with Gasteiger partial charge < -0.3 is 24.8 Å². The minimum Gasteiger partial charge on any atom is -0.479 e. The van der Waals surface area contributed by atoms with Crippen LogP contribution in [0.15, 0.2) is 15.8 Å². The van der Waals surface area contributed by atoms with Crippen LogP contribution in [0.5, 0.6) is 5.75 Å². The molecule has 1 fully saturated rings. The average molecular weight is 302 g/mol. The van der Waals surface area contributed by atoms with Gasteiger partial charge in [0.1, 0.15) is 12.3 Å². The Balaban J connectivity index is 2.28. The highest BCUT2D eigenvalue weighted by Crippen LogP contribution is 2.27. The van der Waals surface area contributed by atoms with Gasteiger partial charge in [-0.15, -0.1) is 0 Å². The van der Waals surface area contributed by atoms with E-state index in [1.807, 2.05) is 4.98 Å². The number of ether oxygens (including phenoxy) is 2. The number of carboxylic acid groups (broad SMARTS) is 1. The Kier molecular flexibility index (Phi) is 4.40. The second-order valence-corrected chi connectivity index (χ2v) is 4.46. The molecule has 1 aromatic heterocycles. The number of hydrogen-bond acceptors (Lipinski definition) is 7. The predicted octanol–water partition coefficient (Wildman–Crippen LogP) is -2.36. The fourth-order valence-corrected chi connectivity index (χ4v) is 1.97. The second kappa shape index (κ2) is 6.08. The van der Waals surface area contributed by atoms with Gasteiger partial charge in [0.2, 0.25) is 5.75 Å². The first-order valence-electron chi connectivity index (χ1n) is 6.06. The molecule has 2 heterocycles. The lowest BCUT2D eigenvalue weighted by Crippen LogP contribution is -2.33. The third-order valence-electron chi connectivity index (χ3n) is 2.98. The van der Waals surface area contributed by atoms with E-state index in [0.717, 1.165) is 10.8 Å². The van der Waals surface area contributed by atoms with Crippen LogP contribution in [0.1, 0.15) is 12.6 Å². The minimum atomic E-state index is -1.28. The molecule has 116 valence electrons. The summed E-state index contributed by atoms with van der Waals surface area (Å²) < 4.78 is 11.0. The Hall–Kier alpha value is -2.17. The highest BCUT2D eigenvalue weighted by Gasteiger charge is 2.35. The van der Waals surface area contributed by atoms with Gasteiger partial charge in [0, 0.05) is 6.42 Å². The zero-order valence-corrected chi connectivity index (χ0v) is 10.8. The number of aromatic nitrogens is 2. The largest absolute Gasteiger partial charge is 0.479 e. The summed E-state index contributed by atoms with van der Waals surface area (Å²) in [5.41, 5.74) is -1.66. The van der Waals surface area contributed by atoms with Crippen molar-refractivity contribution in [2.75, 3.05) is 13.2 Å². The Morgan fingerprint density at radius 3 is 2.81 bits per heavy atom. The van der Waals surface area contributed by atoms with E-state index in [9.17, 15) is 19.5 Å². The lowest BCUT2D eigenvalue weighted by atomic mass is 10.2. The van der Waals surface area contributed by atoms with Crippen LogP contribution in [-0.2, 0) is 9.53 Å². The van der Waals surface area contributed by atoms with Crippen molar-refractivity contribution in [1.82, 2.24) is 9.55 Å². The first-order valence-corrected chi connectivity index (χ1v) is 6.06. The fourth-order valence-electron chi connectivity index (χ4n) is 1.97. The number of aliphatic hydroxyl groups is 2. The maximum Gasteiger partial charge on any atom is 0.341 e. The van der Waals surface area contributed by atoms with E-state index in [4.69, 9.17) is 19.7 Å². The lowest BCUT2D eigenvalue weighted by Gasteiger charge is -2.15. The van der Waals surface area contributed by atoms with Crippen molar-refractivity contribution in [3.8, 4) is 5.75 Å². The van der Waals surface area contributed by atoms with E-state index >= 15 is 0 Å². The molecule has 2 rings (SSSR count). The molecule has 1 saturated heterocycles. The van der Waals surface area contributed by atoms with E-state index in [0.29, 0.717) is 0 Å². The van der Waals surface area contributed by atoms with Gasteiger partial charge in [-0.1, -0.05) is 0 Å². The number of aromatic amines is 1. The molecule has 0 radical (unpaired) electrons. The van der Waals surface area contributed by atoms with Crippen LogP contribution >= 0.6 is 0 Å². The Labute approximate surface area is 117 Å². The van der Waals surface area contributed by atoms with Crippen molar-refractivity contribution < 1.29 is 29.6 Å². The molecule has 0 unspecified atom stereocenters. The number of hydrogen-bond donors (Lipinski definition) is 4. The highest BCUT2D eigenvalue weighted by molar-refractivity contribution is 5.68. The molecule has 4 N–H and O–H groups in total. The van der Waals surface area contributed by atoms with Crippen LogP contribution in [0.4, 0.5) is 0 Å².